The lowest BCUT2D eigenvalue weighted by molar-refractivity contribution is 0.103. The molecular weight excluding hydrogens is 174 g/mol. The van der Waals surface area contributed by atoms with Gasteiger partial charge in [0.25, 0.3) is 0 Å². The van der Waals surface area contributed by atoms with Crippen molar-refractivity contribution in [2.45, 2.75) is 0 Å². The first-order valence-electron chi connectivity index (χ1n) is 2.96. The Morgan fingerprint density at radius 2 is 1.91 bits per heavy atom. The van der Waals surface area contributed by atoms with Gasteiger partial charge in [0.1, 0.15) is 0 Å². The number of rotatable bonds is 6. The summed E-state index contributed by atoms with van der Waals surface area (Å²) in [5, 5.41) is 0. The Morgan fingerprint density at radius 1 is 1.27 bits per heavy atom. The summed E-state index contributed by atoms with van der Waals surface area (Å²) in [5.41, 5.74) is 5.06. The van der Waals surface area contributed by atoms with Crippen LogP contribution in [0.2, 0.25) is 0 Å². The lowest BCUT2D eigenvalue weighted by Crippen LogP contribution is -2.14. The Bertz CT molecular complexity index is 177. The van der Waals surface area contributed by atoms with Crippen LogP contribution in [0.3, 0.4) is 0 Å². The van der Waals surface area contributed by atoms with Crippen molar-refractivity contribution < 1.29 is 21.9 Å². The van der Waals surface area contributed by atoms with E-state index in [0.29, 0.717) is 13.2 Å². The molecule has 6 nitrogen and oxygen atoms in total. The second-order valence-electron chi connectivity index (χ2n) is 1.65. The van der Waals surface area contributed by atoms with Crippen LogP contribution in [0.25, 0.3) is 0 Å². The molecule has 0 rings (SSSR count). The first-order chi connectivity index (χ1) is 5.06. The summed E-state index contributed by atoms with van der Waals surface area (Å²) in [6.45, 7) is 0.608. The predicted molar refractivity (Wildman–Crippen MR) is 37.4 cm³/mol. The summed E-state index contributed by atoms with van der Waals surface area (Å²) in [4.78, 5) is 0. The van der Waals surface area contributed by atoms with Crippen LogP contribution in [0.5, 0.6) is 0 Å². The molecule has 0 unspecified atom stereocenters. The van der Waals surface area contributed by atoms with Crippen molar-refractivity contribution in [2.75, 3.05) is 26.4 Å². The van der Waals surface area contributed by atoms with Crippen LogP contribution in [-0.4, -0.2) is 39.3 Å². The molecule has 0 bridgehead atoms. The molecule has 0 aromatic carbocycles. The molecule has 7 heteroatoms. The fraction of sp³-hybridized carbons (Fsp3) is 1.00. The third-order valence-electron chi connectivity index (χ3n) is 0.722. The van der Waals surface area contributed by atoms with Gasteiger partial charge in [-0.25, -0.2) is 4.18 Å². The van der Waals surface area contributed by atoms with E-state index in [0.717, 1.165) is 0 Å². The topological polar surface area (TPSA) is 98.9 Å². The van der Waals surface area contributed by atoms with Crippen molar-refractivity contribution in [3.8, 4) is 0 Å². The Morgan fingerprint density at radius 3 is 2.36 bits per heavy atom. The maximum absolute atomic E-state index is 9.92. The van der Waals surface area contributed by atoms with Crippen molar-refractivity contribution in [3.05, 3.63) is 0 Å². The highest BCUT2D eigenvalue weighted by Gasteiger charge is 2.02. The van der Waals surface area contributed by atoms with Gasteiger partial charge in [-0.2, -0.15) is 8.42 Å². The van der Waals surface area contributed by atoms with Gasteiger partial charge in [0.05, 0.1) is 19.8 Å². The van der Waals surface area contributed by atoms with Gasteiger partial charge in [-0.05, 0) is 0 Å². The largest absolute Gasteiger partial charge is 0.397 e. The van der Waals surface area contributed by atoms with Gasteiger partial charge < -0.3 is 10.5 Å². The van der Waals surface area contributed by atoms with Crippen molar-refractivity contribution >= 4 is 10.4 Å². The molecular formula is C4H11NO5S. The maximum Gasteiger partial charge on any atom is 0.397 e. The van der Waals surface area contributed by atoms with Gasteiger partial charge in [-0.3, -0.25) is 4.55 Å². The Kier molecular flexibility index (Phi) is 5.34. The summed E-state index contributed by atoms with van der Waals surface area (Å²) in [6, 6.07) is 0. The normalized spacial score (nSPS) is 11.8. The van der Waals surface area contributed by atoms with E-state index in [9.17, 15) is 8.42 Å². The van der Waals surface area contributed by atoms with Crippen LogP contribution >= 0.6 is 0 Å². The number of hydrogen-bond acceptors (Lipinski definition) is 5. The quantitative estimate of drug-likeness (QED) is 0.397. The van der Waals surface area contributed by atoms with E-state index in [1.807, 2.05) is 0 Å². The molecule has 0 aliphatic rings. The Balaban J connectivity index is 3.16. The molecule has 0 spiro atoms. The molecule has 0 saturated heterocycles. The molecule has 68 valence electrons. The standard InChI is InChI=1S/C4H11NO5S/c5-1-2-9-3-4-10-11(6,7)8/h1-5H2,(H,6,7,8). The molecule has 0 radical (unpaired) electrons. The van der Waals surface area contributed by atoms with Gasteiger partial charge in [-0.15, -0.1) is 0 Å². The number of hydrogen-bond donors (Lipinski definition) is 2. The Labute approximate surface area is 65.2 Å². The third-order valence-corrected chi connectivity index (χ3v) is 1.19. The molecule has 0 fully saturated rings. The highest BCUT2D eigenvalue weighted by Crippen LogP contribution is 1.85. The molecule has 0 aromatic heterocycles. The van der Waals surface area contributed by atoms with Crippen LogP contribution in [0.4, 0.5) is 0 Å². The summed E-state index contributed by atoms with van der Waals surface area (Å²) < 4.78 is 36.6. The smallest absolute Gasteiger partial charge is 0.378 e. The highest BCUT2D eigenvalue weighted by atomic mass is 32.3. The number of nitrogens with two attached hydrogens (primary N) is 1. The fourth-order valence-corrected chi connectivity index (χ4v) is 0.662. The van der Waals surface area contributed by atoms with Crippen molar-refractivity contribution in [3.63, 3.8) is 0 Å². The Hall–Kier alpha value is -0.210. The second-order valence-corrected chi connectivity index (χ2v) is 2.74. The zero-order valence-electron chi connectivity index (χ0n) is 5.89. The van der Waals surface area contributed by atoms with Crippen molar-refractivity contribution in [1.82, 2.24) is 0 Å². The van der Waals surface area contributed by atoms with Gasteiger partial charge in [0.2, 0.25) is 0 Å². The zero-order chi connectivity index (χ0) is 8.74. The molecule has 11 heavy (non-hydrogen) atoms. The summed E-state index contributed by atoms with van der Waals surface area (Å²) >= 11 is 0. The van der Waals surface area contributed by atoms with E-state index in [4.69, 9.17) is 15.0 Å². The molecule has 3 N–H and O–H groups in total. The van der Waals surface area contributed by atoms with Crippen LogP contribution in [-0.2, 0) is 19.3 Å². The van der Waals surface area contributed by atoms with Crippen LogP contribution in [0.15, 0.2) is 0 Å². The molecule has 0 amide bonds. The van der Waals surface area contributed by atoms with Gasteiger partial charge in [0, 0.05) is 6.54 Å². The third kappa shape index (κ3) is 9.79. The monoisotopic (exact) mass is 185 g/mol. The van der Waals surface area contributed by atoms with Crippen LogP contribution < -0.4 is 5.73 Å². The van der Waals surface area contributed by atoms with E-state index < -0.39 is 10.4 Å². The zero-order valence-corrected chi connectivity index (χ0v) is 6.71. The van der Waals surface area contributed by atoms with E-state index in [-0.39, 0.29) is 13.2 Å². The summed E-state index contributed by atoms with van der Waals surface area (Å²) in [7, 11) is -4.32. The highest BCUT2D eigenvalue weighted by molar-refractivity contribution is 7.80. The SMILES string of the molecule is NCCOCCOS(=O)(=O)O. The molecule has 0 aliphatic heterocycles. The van der Waals surface area contributed by atoms with Gasteiger partial charge >= 0.3 is 10.4 Å². The molecule has 0 heterocycles. The first-order valence-corrected chi connectivity index (χ1v) is 4.32. The minimum Gasteiger partial charge on any atom is -0.378 e. The van der Waals surface area contributed by atoms with Crippen LogP contribution in [0.1, 0.15) is 0 Å². The van der Waals surface area contributed by atoms with E-state index in [1.54, 1.807) is 0 Å². The number of ether oxygens (including phenoxy) is 1. The van der Waals surface area contributed by atoms with Crippen molar-refractivity contribution in [2.24, 2.45) is 5.73 Å². The minimum absolute atomic E-state index is 0.0942. The maximum atomic E-state index is 9.92. The fourth-order valence-electron chi connectivity index (χ4n) is 0.384. The van der Waals surface area contributed by atoms with E-state index >= 15 is 0 Å². The summed E-state index contributed by atoms with van der Waals surface area (Å²) in [6.07, 6.45) is 0. The lowest BCUT2D eigenvalue weighted by atomic mass is 10.7. The van der Waals surface area contributed by atoms with E-state index in [1.165, 1.54) is 0 Å². The second kappa shape index (κ2) is 5.44. The van der Waals surface area contributed by atoms with Gasteiger partial charge in [0.15, 0.2) is 0 Å². The van der Waals surface area contributed by atoms with E-state index in [2.05, 4.69) is 4.18 Å². The minimum atomic E-state index is -4.32. The van der Waals surface area contributed by atoms with Gasteiger partial charge in [-0.1, -0.05) is 0 Å². The average molecular weight is 185 g/mol. The predicted octanol–water partition coefficient (Wildman–Crippen LogP) is -1.22. The lowest BCUT2D eigenvalue weighted by Gasteiger charge is -2.00. The first kappa shape index (κ1) is 10.8. The average Bonchev–Trinajstić information content (AvgIpc) is 1.85. The van der Waals surface area contributed by atoms with Crippen molar-refractivity contribution in [1.29, 1.82) is 0 Å². The van der Waals surface area contributed by atoms with Crippen LogP contribution in [0, 0.1) is 0 Å². The molecule has 0 aromatic rings. The molecule has 0 atom stereocenters. The molecule has 0 saturated carbocycles. The molecule has 0 aliphatic carbocycles. The summed E-state index contributed by atoms with van der Waals surface area (Å²) in [5.74, 6) is 0.